The number of carboxylic acids is 1. The number of anilines is 1. The Morgan fingerprint density at radius 2 is 1.92 bits per heavy atom. The Bertz CT molecular complexity index is 629. The molecule has 0 fully saturated rings. The first-order chi connectivity index (χ1) is 12.4. The lowest BCUT2D eigenvalue weighted by molar-refractivity contribution is -0.137. The molecule has 6 heteroatoms. The van der Waals surface area contributed by atoms with Crippen molar-refractivity contribution in [3.05, 3.63) is 46.7 Å². The SMILES string of the molecule is CC(C)=CCCC(C)=CCCC(C)=CSCC(Nc1ncco1)C(=O)O. The van der Waals surface area contributed by atoms with Gasteiger partial charge < -0.3 is 14.8 Å². The van der Waals surface area contributed by atoms with Gasteiger partial charge in [-0.05, 0) is 58.8 Å². The van der Waals surface area contributed by atoms with Crippen molar-refractivity contribution in [3.8, 4) is 0 Å². The Morgan fingerprint density at radius 1 is 1.23 bits per heavy atom. The number of nitrogens with zero attached hydrogens (tertiary/aromatic N) is 1. The highest BCUT2D eigenvalue weighted by Crippen LogP contribution is 2.16. The molecule has 1 atom stereocenters. The lowest BCUT2D eigenvalue weighted by atomic mass is 10.1. The molecule has 0 saturated heterocycles. The number of carbonyl (C=O) groups is 1. The van der Waals surface area contributed by atoms with Crippen LogP contribution in [0.1, 0.15) is 53.4 Å². The van der Waals surface area contributed by atoms with E-state index in [-0.39, 0.29) is 6.01 Å². The number of allylic oxidation sites excluding steroid dienone is 5. The first-order valence-electron chi connectivity index (χ1n) is 8.83. The lowest BCUT2D eigenvalue weighted by Gasteiger charge is -2.11. The molecule has 0 saturated carbocycles. The second-order valence-corrected chi connectivity index (χ2v) is 7.48. The smallest absolute Gasteiger partial charge is 0.327 e. The minimum absolute atomic E-state index is 0.229. The average molecular weight is 379 g/mol. The molecule has 1 aromatic rings. The zero-order valence-corrected chi connectivity index (χ0v) is 16.9. The summed E-state index contributed by atoms with van der Waals surface area (Å²) < 4.78 is 5.04. The van der Waals surface area contributed by atoms with Gasteiger partial charge in [-0.25, -0.2) is 9.78 Å². The lowest BCUT2D eigenvalue weighted by Crippen LogP contribution is -2.31. The van der Waals surface area contributed by atoms with E-state index < -0.39 is 12.0 Å². The zero-order valence-electron chi connectivity index (χ0n) is 16.1. The molecular formula is C20H30N2O3S. The van der Waals surface area contributed by atoms with E-state index >= 15 is 0 Å². The van der Waals surface area contributed by atoms with Crippen LogP contribution in [0.4, 0.5) is 6.01 Å². The molecule has 1 heterocycles. The van der Waals surface area contributed by atoms with Crippen molar-refractivity contribution in [2.24, 2.45) is 0 Å². The molecule has 1 aromatic heterocycles. The van der Waals surface area contributed by atoms with Crippen molar-refractivity contribution in [1.29, 1.82) is 0 Å². The van der Waals surface area contributed by atoms with Crippen LogP contribution in [0.5, 0.6) is 0 Å². The maximum atomic E-state index is 11.3. The van der Waals surface area contributed by atoms with Gasteiger partial charge in [-0.15, -0.1) is 11.8 Å². The molecule has 2 N–H and O–H groups in total. The first-order valence-corrected chi connectivity index (χ1v) is 9.88. The molecule has 1 rings (SSSR count). The van der Waals surface area contributed by atoms with Crippen LogP contribution < -0.4 is 5.32 Å². The third-order valence-electron chi connectivity index (χ3n) is 3.70. The summed E-state index contributed by atoms with van der Waals surface area (Å²) in [5, 5.41) is 14.1. The van der Waals surface area contributed by atoms with E-state index in [4.69, 9.17) is 4.42 Å². The fourth-order valence-corrected chi connectivity index (χ4v) is 3.12. The summed E-state index contributed by atoms with van der Waals surface area (Å²) in [5.74, 6) is -0.510. The zero-order chi connectivity index (χ0) is 19.4. The molecule has 0 aliphatic heterocycles. The van der Waals surface area contributed by atoms with Crippen molar-refractivity contribution in [2.45, 2.75) is 59.4 Å². The van der Waals surface area contributed by atoms with Crippen molar-refractivity contribution in [2.75, 3.05) is 11.1 Å². The van der Waals surface area contributed by atoms with Crippen LogP contribution in [-0.4, -0.2) is 27.9 Å². The van der Waals surface area contributed by atoms with Gasteiger partial charge in [-0.2, -0.15) is 0 Å². The third kappa shape index (κ3) is 10.1. The monoisotopic (exact) mass is 378 g/mol. The minimum atomic E-state index is -0.920. The van der Waals surface area contributed by atoms with Crippen LogP contribution in [-0.2, 0) is 4.79 Å². The highest BCUT2D eigenvalue weighted by atomic mass is 32.2. The number of thioether (sulfide) groups is 1. The molecule has 144 valence electrons. The molecular weight excluding hydrogens is 348 g/mol. The number of aromatic nitrogens is 1. The maximum Gasteiger partial charge on any atom is 0.327 e. The summed E-state index contributed by atoms with van der Waals surface area (Å²) in [6.07, 6.45) is 11.7. The summed E-state index contributed by atoms with van der Waals surface area (Å²) >= 11 is 1.49. The van der Waals surface area contributed by atoms with E-state index in [1.807, 2.05) is 5.41 Å². The average Bonchev–Trinajstić information content (AvgIpc) is 3.06. The fraction of sp³-hybridized carbons (Fsp3) is 0.500. The number of nitrogens with one attached hydrogen (secondary N) is 1. The number of aliphatic carboxylic acids is 1. The molecule has 0 spiro atoms. The van der Waals surface area contributed by atoms with Crippen molar-refractivity contribution in [3.63, 3.8) is 0 Å². The van der Waals surface area contributed by atoms with Gasteiger partial charge >= 0.3 is 5.97 Å². The third-order valence-corrected chi connectivity index (χ3v) is 4.79. The molecule has 0 radical (unpaired) electrons. The van der Waals surface area contributed by atoms with Gasteiger partial charge in [0, 0.05) is 5.75 Å². The van der Waals surface area contributed by atoms with Gasteiger partial charge in [0.1, 0.15) is 12.3 Å². The highest BCUT2D eigenvalue weighted by molar-refractivity contribution is 8.02. The van der Waals surface area contributed by atoms with Gasteiger partial charge in [0.15, 0.2) is 0 Å². The largest absolute Gasteiger partial charge is 0.480 e. The van der Waals surface area contributed by atoms with E-state index in [0.717, 1.165) is 25.7 Å². The van der Waals surface area contributed by atoms with Crippen LogP contribution in [0.2, 0.25) is 0 Å². The van der Waals surface area contributed by atoms with Crippen LogP contribution in [0, 0.1) is 0 Å². The van der Waals surface area contributed by atoms with Crippen molar-refractivity contribution >= 4 is 23.7 Å². The van der Waals surface area contributed by atoms with E-state index in [1.54, 1.807) is 0 Å². The van der Waals surface area contributed by atoms with Crippen LogP contribution in [0.25, 0.3) is 0 Å². The molecule has 5 nitrogen and oxygen atoms in total. The van der Waals surface area contributed by atoms with Crippen molar-refractivity contribution in [1.82, 2.24) is 4.98 Å². The summed E-state index contributed by atoms with van der Waals surface area (Å²) in [6, 6.07) is -0.507. The molecule has 0 aliphatic rings. The number of hydrogen-bond donors (Lipinski definition) is 2. The molecule has 0 bridgehead atoms. The summed E-state index contributed by atoms with van der Waals surface area (Å²) in [4.78, 5) is 15.2. The van der Waals surface area contributed by atoms with Gasteiger partial charge in [0.25, 0.3) is 6.01 Å². The van der Waals surface area contributed by atoms with E-state index in [9.17, 15) is 9.90 Å². The fourth-order valence-electron chi connectivity index (χ4n) is 2.20. The van der Waals surface area contributed by atoms with E-state index in [0.29, 0.717) is 5.75 Å². The van der Waals surface area contributed by atoms with Gasteiger partial charge in [-0.3, -0.25) is 0 Å². The maximum absolute atomic E-state index is 11.3. The van der Waals surface area contributed by atoms with Crippen LogP contribution in [0.3, 0.4) is 0 Å². The molecule has 0 amide bonds. The Hall–Kier alpha value is -1.95. The van der Waals surface area contributed by atoms with E-state index in [1.165, 1.54) is 40.9 Å². The number of oxazole rings is 1. The molecule has 0 aliphatic carbocycles. The number of hydrogen-bond acceptors (Lipinski definition) is 5. The Balaban J connectivity index is 2.33. The van der Waals surface area contributed by atoms with Crippen LogP contribution >= 0.6 is 11.8 Å². The van der Waals surface area contributed by atoms with Gasteiger partial charge in [0.2, 0.25) is 0 Å². The summed E-state index contributed by atoms with van der Waals surface area (Å²) in [6.45, 7) is 8.51. The predicted molar refractivity (Wildman–Crippen MR) is 109 cm³/mol. The number of rotatable bonds is 12. The molecule has 26 heavy (non-hydrogen) atoms. The van der Waals surface area contributed by atoms with Gasteiger partial charge in [0.05, 0.1) is 6.20 Å². The predicted octanol–water partition coefficient (Wildman–Crippen LogP) is 5.65. The van der Waals surface area contributed by atoms with Crippen LogP contribution in [0.15, 0.2) is 51.2 Å². The Kier molecular flexibility index (Phi) is 10.5. The number of carboxylic acid groups (broad SMARTS) is 1. The minimum Gasteiger partial charge on any atom is -0.480 e. The summed E-state index contributed by atoms with van der Waals surface area (Å²) in [5.41, 5.74) is 4.04. The normalized spacial score (nSPS) is 13.4. The molecule has 0 aromatic carbocycles. The standard InChI is InChI=1S/C20H30N2O3S/c1-15(2)7-5-8-16(3)9-6-10-17(4)13-26-14-18(19(23)24)22-20-21-11-12-25-20/h7,9,11-13,18H,5-6,8,10,14H2,1-4H3,(H,21,22)(H,23,24). The van der Waals surface area contributed by atoms with Gasteiger partial charge in [-0.1, -0.05) is 28.9 Å². The van der Waals surface area contributed by atoms with E-state index in [2.05, 4.69) is 50.1 Å². The quantitative estimate of drug-likeness (QED) is 0.458. The second kappa shape index (κ2) is 12.4. The first kappa shape index (κ1) is 22.1. The highest BCUT2D eigenvalue weighted by Gasteiger charge is 2.18. The topological polar surface area (TPSA) is 75.4 Å². The van der Waals surface area contributed by atoms with Crippen molar-refractivity contribution < 1.29 is 14.3 Å². The summed E-state index contributed by atoms with van der Waals surface area (Å²) in [7, 11) is 0. The Morgan fingerprint density at radius 3 is 2.54 bits per heavy atom. The Labute approximate surface area is 160 Å². The molecule has 1 unspecified atom stereocenters. The second-order valence-electron chi connectivity index (χ2n) is 6.58.